The van der Waals surface area contributed by atoms with Crippen LogP contribution in [0, 0.1) is 4.77 Å². The molecule has 0 aliphatic heterocycles. The number of benzene rings is 2. The molecule has 2 aromatic carbocycles. The van der Waals surface area contributed by atoms with Crippen LogP contribution in [0.3, 0.4) is 0 Å². The Hall–Kier alpha value is -2.77. The predicted octanol–water partition coefficient (Wildman–Crippen LogP) is 4.02. The van der Waals surface area contributed by atoms with E-state index in [0.717, 1.165) is 35.9 Å². The largest absolute Gasteiger partial charge is 0.285 e. The van der Waals surface area contributed by atoms with Crippen LogP contribution in [-0.4, -0.2) is 42.0 Å². The summed E-state index contributed by atoms with van der Waals surface area (Å²) in [5, 5.41) is 9.62. The molecule has 4 rings (SSSR count). The van der Waals surface area contributed by atoms with E-state index in [9.17, 15) is 0 Å². The first-order valence-electron chi connectivity index (χ1n) is 9.14. The molecule has 0 fully saturated rings. The smallest absolute Gasteiger partial charge is 0.257 e. The van der Waals surface area contributed by atoms with E-state index in [2.05, 4.69) is 35.4 Å². The van der Waals surface area contributed by atoms with Gasteiger partial charge in [-0.15, -0.1) is 10.2 Å². The number of aromatic nitrogens is 5. The Bertz CT molecular complexity index is 1090. The lowest BCUT2D eigenvalue weighted by atomic mass is 10.2. The molecule has 0 radical (unpaired) electrons. The molecule has 0 atom stereocenters. The Morgan fingerprint density at radius 1 is 0.889 bits per heavy atom. The van der Waals surface area contributed by atoms with Crippen LogP contribution in [-0.2, 0) is 6.67 Å². The van der Waals surface area contributed by atoms with Gasteiger partial charge in [-0.3, -0.25) is 9.47 Å². The zero-order valence-corrected chi connectivity index (χ0v) is 16.3. The predicted molar refractivity (Wildman–Crippen MR) is 109 cm³/mol. The summed E-state index contributed by atoms with van der Waals surface area (Å²) in [5.41, 5.74) is 2.03. The van der Waals surface area contributed by atoms with E-state index in [4.69, 9.17) is 22.4 Å². The number of fused-ring (bicyclic) bond motifs is 1. The zero-order chi connectivity index (χ0) is 18.8. The van der Waals surface area contributed by atoms with E-state index in [-0.39, 0.29) is 0 Å². The lowest BCUT2D eigenvalue weighted by Gasteiger charge is -2.17. The maximum absolute atomic E-state index is 5.68. The first kappa shape index (κ1) is 17.6. The monoisotopic (exact) mass is 378 g/mol. The Morgan fingerprint density at radius 2 is 1.52 bits per heavy atom. The molecular formula is C20H22N6S. The molecule has 0 bridgehead atoms. The molecule has 0 saturated heterocycles. The summed E-state index contributed by atoms with van der Waals surface area (Å²) >= 11 is 5.68. The standard InChI is InChI=1S/C20H22N6S/c1-3-23(4-2)15-24-20(27)26-19(22-24)25(17-13-9-6-10-14-17)18(21-26)16-11-7-5-8-12-16/h5-14H,3-4,15H2,1-2H3. The quantitative estimate of drug-likeness (QED) is 0.475. The Morgan fingerprint density at radius 3 is 2.15 bits per heavy atom. The van der Waals surface area contributed by atoms with Crippen LogP contribution in [0.25, 0.3) is 22.9 Å². The highest BCUT2D eigenvalue weighted by Gasteiger charge is 2.19. The first-order valence-corrected chi connectivity index (χ1v) is 9.55. The molecule has 4 aromatic rings. The molecule has 6 nitrogen and oxygen atoms in total. The van der Waals surface area contributed by atoms with Crippen molar-refractivity contribution in [2.75, 3.05) is 13.1 Å². The Balaban J connectivity index is 1.93. The summed E-state index contributed by atoms with van der Waals surface area (Å²) in [4.78, 5) is 2.27. The third-order valence-corrected chi connectivity index (χ3v) is 5.07. The van der Waals surface area contributed by atoms with E-state index < -0.39 is 0 Å². The number of para-hydroxylation sites is 1. The van der Waals surface area contributed by atoms with Gasteiger partial charge in [0.2, 0.25) is 4.77 Å². The molecule has 7 heteroatoms. The average Bonchev–Trinajstić information content (AvgIpc) is 3.24. The fourth-order valence-corrected chi connectivity index (χ4v) is 3.36. The van der Waals surface area contributed by atoms with Gasteiger partial charge in [0, 0.05) is 5.56 Å². The molecule has 0 amide bonds. The minimum Gasteiger partial charge on any atom is -0.285 e. The highest BCUT2D eigenvalue weighted by molar-refractivity contribution is 7.71. The van der Waals surface area contributed by atoms with Crippen molar-refractivity contribution in [2.45, 2.75) is 20.5 Å². The molecule has 0 spiro atoms. The molecular weight excluding hydrogens is 356 g/mol. The number of rotatable bonds is 6. The lowest BCUT2D eigenvalue weighted by Crippen LogP contribution is -2.26. The topological polar surface area (TPSA) is 43.3 Å². The van der Waals surface area contributed by atoms with Crippen LogP contribution in [0.5, 0.6) is 0 Å². The summed E-state index contributed by atoms with van der Waals surface area (Å²) in [7, 11) is 0. The van der Waals surface area contributed by atoms with Gasteiger partial charge in [0.15, 0.2) is 5.82 Å². The first-order chi connectivity index (χ1) is 13.2. The van der Waals surface area contributed by atoms with E-state index in [1.807, 2.05) is 53.2 Å². The van der Waals surface area contributed by atoms with Gasteiger partial charge in [-0.1, -0.05) is 62.4 Å². The van der Waals surface area contributed by atoms with Crippen LogP contribution < -0.4 is 0 Å². The molecule has 2 heterocycles. The lowest BCUT2D eigenvalue weighted by molar-refractivity contribution is 0.227. The summed E-state index contributed by atoms with van der Waals surface area (Å²) in [6.45, 7) is 6.82. The van der Waals surface area contributed by atoms with Crippen molar-refractivity contribution < 1.29 is 0 Å². The van der Waals surface area contributed by atoms with Gasteiger partial charge in [0.25, 0.3) is 5.78 Å². The molecule has 0 aliphatic carbocycles. The second-order valence-corrected chi connectivity index (χ2v) is 6.66. The SMILES string of the molecule is CCN(CC)Cn1nc2n(-c3ccccc3)c(-c3ccccc3)nn2c1=S. The van der Waals surface area contributed by atoms with Crippen molar-refractivity contribution >= 4 is 18.0 Å². The van der Waals surface area contributed by atoms with E-state index >= 15 is 0 Å². The fraction of sp³-hybridized carbons (Fsp3) is 0.250. The molecule has 0 unspecified atom stereocenters. The Kier molecular flexibility index (Phi) is 4.87. The highest BCUT2D eigenvalue weighted by atomic mass is 32.1. The molecule has 0 aliphatic rings. The van der Waals surface area contributed by atoms with Crippen LogP contribution in [0.1, 0.15) is 13.8 Å². The average molecular weight is 379 g/mol. The fourth-order valence-electron chi connectivity index (χ4n) is 3.14. The van der Waals surface area contributed by atoms with Crippen LogP contribution in [0.15, 0.2) is 60.7 Å². The van der Waals surface area contributed by atoms with Crippen LogP contribution >= 0.6 is 12.2 Å². The zero-order valence-electron chi connectivity index (χ0n) is 15.5. The van der Waals surface area contributed by atoms with Crippen molar-refractivity contribution in [3.63, 3.8) is 0 Å². The van der Waals surface area contributed by atoms with Crippen molar-refractivity contribution in [2.24, 2.45) is 0 Å². The van der Waals surface area contributed by atoms with Crippen LogP contribution in [0.2, 0.25) is 0 Å². The molecule has 0 N–H and O–H groups in total. The minimum atomic E-state index is 0.601. The Labute approximate surface area is 163 Å². The van der Waals surface area contributed by atoms with Crippen molar-refractivity contribution in [1.82, 2.24) is 28.9 Å². The number of nitrogens with zero attached hydrogens (tertiary/aromatic N) is 6. The third-order valence-electron chi connectivity index (χ3n) is 4.68. The van der Waals surface area contributed by atoms with Gasteiger partial charge in [-0.2, -0.15) is 4.52 Å². The highest BCUT2D eigenvalue weighted by Crippen LogP contribution is 2.24. The summed E-state index contributed by atoms with van der Waals surface area (Å²) in [6, 6.07) is 20.3. The van der Waals surface area contributed by atoms with Gasteiger partial charge in [-0.25, -0.2) is 4.68 Å². The molecule has 0 saturated carbocycles. The summed E-state index contributed by atoms with van der Waals surface area (Å²) in [5.74, 6) is 1.54. The summed E-state index contributed by atoms with van der Waals surface area (Å²) in [6.07, 6.45) is 0. The maximum Gasteiger partial charge on any atom is 0.257 e. The van der Waals surface area contributed by atoms with Gasteiger partial charge in [-0.05, 0) is 37.4 Å². The second-order valence-electron chi connectivity index (χ2n) is 6.30. The van der Waals surface area contributed by atoms with Crippen molar-refractivity contribution in [3.8, 4) is 17.1 Å². The van der Waals surface area contributed by atoms with Crippen LogP contribution in [0.4, 0.5) is 0 Å². The van der Waals surface area contributed by atoms with E-state index in [0.29, 0.717) is 11.4 Å². The minimum absolute atomic E-state index is 0.601. The van der Waals surface area contributed by atoms with Crippen molar-refractivity contribution in [1.29, 1.82) is 0 Å². The second kappa shape index (κ2) is 7.46. The normalized spacial score (nSPS) is 11.5. The third kappa shape index (κ3) is 3.20. The van der Waals surface area contributed by atoms with Gasteiger partial charge in [0.1, 0.15) is 0 Å². The molecule has 27 heavy (non-hydrogen) atoms. The van der Waals surface area contributed by atoms with Gasteiger partial charge in [0.05, 0.1) is 12.4 Å². The van der Waals surface area contributed by atoms with Crippen molar-refractivity contribution in [3.05, 3.63) is 65.4 Å². The summed E-state index contributed by atoms with van der Waals surface area (Å²) < 4.78 is 6.26. The molecule has 138 valence electrons. The van der Waals surface area contributed by atoms with Gasteiger partial charge >= 0.3 is 0 Å². The molecule has 2 aromatic heterocycles. The number of hydrogen-bond acceptors (Lipinski definition) is 4. The maximum atomic E-state index is 5.68. The number of hydrogen-bond donors (Lipinski definition) is 0. The van der Waals surface area contributed by atoms with Gasteiger partial charge < -0.3 is 0 Å². The van der Waals surface area contributed by atoms with E-state index in [1.54, 1.807) is 4.52 Å². The van der Waals surface area contributed by atoms with E-state index in [1.165, 1.54) is 0 Å².